The molecular formula is C11H19O. The van der Waals surface area contributed by atoms with E-state index in [1.54, 1.807) is 0 Å². The third kappa shape index (κ3) is 1.28. The van der Waals surface area contributed by atoms with E-state index >= 15 is 0 Å². The first-order chi connectivity index (χ1) is 5.60. The van der Waals surface area contributed by atoms with Crippen molar-refractivity contribution >= 4 is 0 Å². The van der Waals surface area contributed by atoms with E-state index in [-0.39, 0.29) is 5.60 Å². The number of rotatable bonds is 1. The fraction of sp³-hybridized carbons (Fsp3) is 0.909. The molecule has 1 heteroatoms. The highest BCUT2D eigenvalue weighted by Gasteiger charge is 2.44. The van der Waals surface area contributed by atoms with Crippen LogP contribution < -0.4 is 0 Å². The molecule has 2 atom stereocenters. The van der Waals surface area contributed by atoms with Crippen LogP contribution in [0.3, 0.4) is 0 Å². The lowest BCUT2D eigenvalue weighted by Gasteiger charge is -2.39. The van der Waals surface area contributed by atoms with Crippen LogP contribution in [0, 0.1) is 24.2 Å². The molecule has 0 amide bonds. The molecule has 0 heterocycles. The third-order valence-corrected chi connectivity index (χ3v) is 3.76. The number of fused-ring (bicyclic) bond motifs is 2. The molecule has 0 spiro atoms. The summed E-state index contributed by atoms with van der Waals surface area (Å²) >= 11 is 0. The first kappa shape index (κ1) is 8.55. The van der Waals surface area contributed by atoms with Crippen LogP contribution in [0.25, 0.3) is 0 Å². The van der Waals surface area contributed by atoms with Crippen molar-refractivity contribution in [2.75, 3.05) is 0 Å². The lowest BCUT2D eigenvalue weighted by molar-refractivity contribution is -0.0460. The van der Waals surface area contributed by atoms with Crippen LogP contribution in [0.4, 0.5) is 0 Å². The van der Waals surface area contributed by atoms with E-state index in [0.717, 1.165) is 24.7 Å². The van der Waals surface area contributed by atoms with Gasteiger partial charge in [0.15, 0.2) is 0 Å². The van der Waals surface area contributed by atoms with Gasteiger partial charge in [-0.25, -0.2) is 0 Å². The minimum Gasteiger partial charge on any atom is -0.390 e. The van der Waals surface area contributed by atoms with E-state index in [9.17, 15) is 5.11 Å². The summed E-state index contributed by atoms with van der Waals surface area (Å²) in [4.78, 5) is 0. The molecular weight excluding hydrogens is 148 g/mol. The Morgan fingerprint density at radius 3 is 2.17 bits per heavy atom. The molecule has 12 heavy (non-hydrogen) atoms. The van der Waals surface area contributed by atoms with E-state index in [0.29, 0.717) is 5.92 Å². The fourth-order valence-corrected chi connectivity index (χ4v) is 2.81. The van der Waals surface area contributed by atoms with Crippen molar-refractivity contribution in [3.05, 3.63) is 6.42 Å². The van der Waals surface area contributed by atoms with E-state index in [1.807, 2.05) is 0 Å². The highest BCUT2D eigenvalue weighted by atomic mass is 16.3. The Balaban J connectivity index is 2.10. The minimum atomic E-state index is -0.347. The second-order valence-electron chi connectivity index (χ2n) is 4.96. The van der Waals surface area contributed by atoms with Crippen LogP contribution in [0.1, 0.15) is 39.5 Å². The van der Waals surface area contributed by atoms with Crippen molar-refractivity contribution in [2.45, 2.75) is 45.1 Å². The van der Waals surface area contributed by atoms with Gasteiger partial charge in [0.25, 0.3) is 0 Å². The summed E-state index contributed by atoms with van der Waals surface area (Å²) in [5.41, 5.74) is -0.347. The molecule has 2 saturated carbocycles. The zero-order valence-electron chi connectivity index (χ0n) is 8.09. The van der Waals surface area contributed by atoms with Crippen molar-refractivity contribution < 1.29 is 5.11 Å². The van der Waals surface area contributed by atoms with Crippen LogP contribution in [0.5, 0.6) is 0 Å². The lowest BCUT2D eigenvalue weighted by atomic mass is 9.72. The van der Waals surface area contributed by atoms with Crippen molar-refractivity contribution in [3.63, 3.8) is 0 Å². The smallest absolute Gasteiger partial charge is 0.0676 e. The summed E-state index contributed by atoms with van der Waals surface area (Å²) in [5.74, 6) is 1.86. The quantitative estimate of drug-likeness (QED) is 0.636. The molecule has 2 bridgehead atoms. The molecule has 1 N–H and O–H groups in total. The van der Waals surface area contributed by atoms with Gasteiger partial charge in [0, 0.05) is 0 Å². The van der Waals surface area contributed by atoms with Crippen LogP contribution in [0.15, 0.2) is 0 Å². The third-order valence-electron chi connectivity index (χ3n) is 3.76. The summed E-state index contributed by atoms with van der Waals surface area (Å²) in [6.45, 7) is 4.29. The number of hydrogen-bond donors (Lipinski definition) is 1. The van der Waals surface area contributed by atoms with Crippen molar-refractivity contribution in [1.29, 1.82) is 0 Å². The van der Waals surface area contributed by atoms with Gasteiger partial charge in [0.1, 0.15) is 0 Å². The Morgan fingerprint density at radius 1 is 1.25 bits per heavy atom. The lowest BCUT2D eigenvalue weighted by Crippen LogP contribution is -2.41. The maximum atomic E-state index is 10.3. The molecule has 2 aliphatic carbocycles. The standard InChI is InChI=1S/C11H19O/c1-8(2)11(12)6-9-3-4-10(5-9)7-11/h5,8-10,12H,3-4,6-7H2,1-2H3. The normalized spacial score (nSPS) is 47.0. The maximum absolute atomic E-state index is 10.3. The second-order valence-corrected chi connectivity index (χ2v) is 4.96. The molecule has 69 valence electrons. The molecule has 0 aromatic carbocycles. The van der Waals surface area contributed by atoms with Crippen molar-refractivity contribution in [2.24, 2.45) is 17.8 Å². The summed E-state index contributed by atoms with van der Waals surface area (Å²) in [6, 6.07) is 0. The SMILES string of the molecule is CC(C)C1(O)CC2[CH]C(CC2)C1. The largest absolute Gasteiger partial charge is 0.390 e. The average Bonchev–Trinajstić information content (AvgIpc) is 2.30. The molecule has 1 radical (unpaired) electrons. The van der Waals surface area contributed by atoms with Gasteiger partial charge in [-0.3, -0.25) is 0 Å². The van der Waals surface area contributed by atoms with Gasteiger partial charge in [-0.15, -0.1) is 0 Å². The maximum Gasteiger partial charge on any atom is 0.0676 e. The van der Waals surface area contributed by atoms with E-state index in [2.05, 4.69) is 20.3 Å². The molecule has 2 aliphatic rings. The van der Waals surface area contributed by atoms with E-state index < -0.39 is 0 Å². The topological polar surface area (TPSA) is 20.2 Å². The predicted molar refractivity (Wildman–Crippen MR) is 49.5 cm³/mol. The Hall–Kier alpha value is -0.0400. The number of aliphatic hydroxyl groups is 1. The monoisotopic (exact) mass is 167 g/mol. The van der Waals surface area contributed by atoms with E-state index in [1.165, 1.54) is 12.8 Å². The van der Waals surface area contributed by atoms with Crippen LogP contribution >= 0.6 is 0 Å². The van der Waals surface area contributed by atoms with Gasteiger partial charge < -0.3 is 5.11 Å². The summed E-state index contributed by atoms with van der Waals surface area (Å²) in [6.07, 6.45) is 7.14. The highest BCUT2D eigenvalue weighted by molar-refractivity contribution is 5.04. The van der Waals surface area contributed by atoms with Crippen molar-refractivity contribution in [1.82, 2.24) is 0 Å². The van der Waals surface area contributed by atoms with E-state index in [4.69, 9.17) is 0 Å². The molecule has 0 aliphatic heterocycles. The average molecular weight is 167 g/mol. The fourth-order valence-electron chi connectivity index (χ4n) is 2.81. The van der Waals surface area contributed by atoms with Crippen LogP contribution in [-0.2, 0) is 0 Å². The molecule has 1 nitrogen and oxygen atoms in total. The Kier molecular flexibility index (Phi) is 1.95. The van der Waals surface area contributed by atoms with Crippen molar-refractivity contribution in [3.8, 4) is 0 Å². The predicted octanol–water partition coefficient (Wildman–Crippen LogP) is 2.40. The molecule has 0 saturated heterocycles. The zero-order chi connectivity index (χ0) is 8.77. The Morgan fingerprint density at radius 2 is 1.75 bits per heavy atom. The molecule has 2 fully saturated rings. The van der Waals surface area contributed by atoms with Gasteiger partial charge in [0.2, 0.25) is 0 Å². The van der Waals surface area contributed by atoms with Gasteiger partial charge in [-0.1, -0.05) is 13.8 Å². The first-order valence-electron chi connectivity index (χ1n) is 5.17. The molecule has 0 aromatic heterocycles. The van der Waals surface area contributed by atoms with Crippen LogP contribution in [-0.4, -0.2) is 10.7 Å². The highest BCUT2D eigenvalue weighted by Crippen LogP contribution is 2.48. The molecule has 2 rings (SSSR count). The summed E-state index contributed by atoms with van der Waals surface area (Å²) < 4.78 is 0. The van der Waals surface area contributed by atoms with Gasteiger partial charge in [-0.2, -0.15) is 0 Å². The van der Waals surface area contributed by atoms with Crippen LogP contribution in [0.2, 0.25) is 0 Å². The molecule has 2 unspecified atom stereocenters. The summed E-state index contributed by atoms with van der Waals surface area (Å²) in [5, 5.41) is 10.3. The number of hydrogen-bond acceptors (Lipinski definition) is 1. The minimum absolute atomic E-state index is 0.347. The first-order valence-corrected chi connectivity index (χ1v) is 5.17. The van der Waals surface area contributed by atoms with Gasteiger partial charge >= 0.3 is 0 Å². The molecule has 0 aromatic rings. The second kappa shape index (κ2) is 2.73. The van der Waals surface area contributed by atoms with Gasteiger partial charge in [0.05, 0.1) is 5.60 Å². The Bertz CT molecular complexity index is 162. The Labute approximate surface area is 75.2 Å². The zero-order valence-corrected chi connectivity index (χ0v) is 8.09. The van der Waals surface area contributed by atoms with Gasteiger partial charge in [-0.05, 0) is 49.9 Å². The summed E-state index contributed by atoms with van der Waals surface area (Å²) in [7, 11) is 0.